The van der Waals surface area contributed by atoms with Crippen molar-refractivity contribution in [3.05, 3.63) is 70.8 Å². The van der Waals surface area contributed by atoms with E-state index in [1.54, 1.807) is 0 Å². The van der Waals surface area contributed by atoms with Gasteiger partial charge in [0.2, 0.25) is 0 Å². The SMILES string of the molecule is Cc1ccc([C@H]2CC(=O)[C@@H](C)[C@H](c3ccc(C)cc3)N2)cc1. The van der Waals surface area contributed by atoms with Crippen molar-refractivity contribution in [2.24, 2.45) is 5.92 Å². The van der Waals surface area contributed by atoms with Crippen molar-refractivity contribution in [2.45, 2.75) is 39.3 Å². The van der Waals surface area contributed by atoms with E-state index in [-0.39, 0.29) is 18.0 Å². The lowest BCUT2D eigenvalue weighted by Gasteiger charge is -2.35. The Kier molecular flexibility index (Phi) is 4.12. The first-order chi connectivity index (χ1) is 10.5. The van der Waals surface area contributed by atoms with Crippen LogP contribution in [0.1, 0.15) is 47.7 Å². The van der Waals surface area contributed by atoms with Crippen LogP contribution in [-0.2, 0) is 4.79 Å². The van der Waals surface area contributed by atoms with Gasteiger partial charge in [0.05, 0.1) is 0 Å². The normalized spacial score (nSPS) is 25.2. The predicted molar refractivity (Wildman–Crippen MR) is 89.8 cm³/mol. The van der Waals surface area contributed by atoms with Gasteiger partial charge in [-0.15, -0.1) is 0 Å². The number of nitrogens with one attached hydrogen (secondary N) is 1. The fraction of sp³-hybridized carbons (Fsp3) is 0.350. The van der Waals surface area contributed by atoms with Gasteiger partial charge in [-0.3, -0.25) is 4.79 Å². The first-order valence-corrected chi connectivity index (χ1v) is 7.96. The van der Waals surface area contributed by atoms with Gasteiger partial charge in [0.15, 0.2) is 0 Å². The molecule has 0 saturated carbocycles. The maximum atomic E-state index is 12.5. The van der Waals surface area contributed by atoms with Crippen LogP contribution >= 0.6 is 0 Å². The van der Waals surface area contributed by atoms with Crippen molar-refractivity contribution < 1.29 is 4.79 Å². The van der Waals surface area contributed by atoms with Crippen molar-refractivity contribution in [3.63, 3.8) is 0 Å². The summed E-state index contributed by atoms with van der Waals surface area (Å²) in [6.07, 6.45) is 0.576. The second-order valence-electron chi connectivity index (χ2n) is 6.48. The molecular weight excluding hydrogens is 270 g/mol. The summed E-state index contributed by atoms with van der Waals surface area (Å²) in [5, 5.41) is 3.68. The van der Waals surface area contributed by atoms with Crippen LogP contribution in [0.4, 0.5) is 0 Å². The van der Waals surface area contributed by atoms with Gasteiger partial charge in [0, 0.05) is 24.4 Å². The molecule has 0 radical (unpaired) electrons. The van der Waals surface area contributed by atoms with Gasteiger partial charge in [-0.1, -0.05) is 66.6 Å². The molecule has 2 heteroatoms. The predicted octanol–water partition coefficient (Wildman–Crippen LogP) is 4.28. The van der Waals surface area contributed by atoms with Crippen molar-refractivity contribution in [3.8, 4) is 0 Å². The third-order valence-corrected chi connectivity index (χ3v) is 4.71. The van der Waals surface area contributed by atoms with Crippen LogP contribution in [-0.4, -0.2) is 5.78 Å². The summed E-state index contributed by atoms with van der Waals surface area (Å²) in [4.78, 5) is 12.5. The minimum absolute atomic E-state index is 0.0180. The van der Waals surface area contributed by atoms with Crippen LogP contribution in [0.15, 0.2) is 48.5 Å². The summed E-state index contributed by atoms with van der Waals surface area (Å²) < 4.78 is 0. The molecule has 1 N–H and O–H groups in total. The highest BCUT2D eigenvalue weighted by atomic mass is 16.1. The number of carbonyl (C=O) groups is 1. The molecule has 0 aliphatic carbocycles. The molecule has 0 spiro atoms. The fourth-order valence-corrected chi connectivity index (χ4v) is 3.16. The molecule has 2 aromatic carbocycles. The molecule has 1 aliphatic heterocycles. The molecule has 0 bridgehead atoms. The zero-order chi connectivity index (χ0) is 15.7. The van der Waals surface area contributed by atoms with Crippen LogP contribution in [0, 0.1) is 19.8 Å². The van der Waals surface area contributed by atoms with Gasteiger partial charge in [0.1, 0.15) is 5.78 Å². The quantitative estimate of drug-likeness (QED) is 0.895. The van der Waals surface area contributed by atoms with E-state index < -0.39 is 0 Å². The van der Waals surface area contributed by atoms with Crippen LogP contribution in [0.2, 0.25) is 0 Å². The van der Waals surface area contributed by atoms with E-state index in [4.69, 9.17) is 0 Å². The minimum Gasteiger partial charge on any atom is -0.302 e. The zero-order valence-electron chi connectivity index (χ0n) is 13.5. The number of Topliss-reactive ketones (excluding diaryl/α,β-unsaturated/α-hetero) is 1. The van der Waals surface area contributed by atoms with Gasteiger partial charge in [0.25, 0.3) is 0 Å². The number of aryl methyl sites for hydroxylation is 2. The molecule has 3 rings (SSSR count). The summed E-state index contributed by atoms with van der Waals surface area (Å²) in [6.45, 7) is 6.20. The highest BCUT2D eigenvalue weighted by Gasteiger charge is 2.34. The largest absolute Gasteiger partial charge is 0.302 e. The number of hydrogen-bond donors (Lipinski definition) is 1. The van der Waals surface area contributed by atoms with E-state index in [1.165, 1.54) is 22.3 Å². The molecule has 1 saturated heterocycles. The minimum atomic E-state index is 0.0180. The van der Waals surface area contributed by atoms with Crippen LogP contribution in [0.5, 0.6) is 0 Å². The molecule has 114 valence electrons. The molecule has 3 atom stereocenters. The fourth-order valence-electron chi connectivity index (χ4n) is 3.16. The van der Waals surface area contributed by atoms with Crippen molar-refractivity contribution in [1.29, 1.82) is 0 Å². The second kappa shape index (κ2) is 6.05. The standard InChI is InChI=1S/C20H23NO/c1-13-4-8-16(9-5-13)18-12-19(22)15(3)20(21-18)17-10-6-14(2)7-11-17/h4-11,15,18,20-21H,12H2,1-3H3/t15-,18-,20-/m1/s1. The molecular formula is C20H23NO. The van der Waals surface area contributed by atoms with Gasteiger partial charge in [-0.2, -0.15) is 0 Å². The highest BCUT2D eigenvalue weighted by molar-refractivity contribution is 5.83. The molecule has 1 aliphatic rings. The Morgan fingerprint density at radius 2 is 1.36 bits per heavy atom. The summed E-state index contributed by atoms with van der Waals surface area (Å²) in [5.41, 5.74) is 4.88. The van der Waals surface area contributed by atoms with E-state index in [1.807, 2.05) is 6.92 Å². The third kappa shape index (κ3) is 2.97. The number of ketones is 1. The Labute approximate surface area is 132 Å². The molecule has 0 unspecified atom stereocenters. The topological polar surface area (TPSA) is 29.1 Å². The van der Waals surface area contributed by atoms with Crippen molar-refractivity contribution >= 4 is 5.78 Å². The average Bonchev–Trinajstić information content (AvgIpc) is 2.52. The summed E-state index contributed by atoms with van der Waals surface area (Å²) in [6, 6.07) is 17.2. The van der Waals surface area contributed by atoms with Crippen molar-refractivity contribution in [2.75, 3.05) is 0 Å². The average molecular weight is 293 g/mol. The zero-order valence-corrected chi connectivity index (χ0v) is 13.5. The van der Waals surface area contributed by atoms with E-state index in [9.17, 15) is 4.79 Å². The lowest BCUT2D eigenvalue weighted by Crippen LogP contribution is -2.41. The number of hydrogen-bond acceptors (Lipinski definition) is 2. The molecule has 0 amide bonds. The first kappa shape index (κ1) is 15.0. The highest BCUT2D eigenvalue weighted by Crippen LogP contribution is 2.34. The van der Waals surface area contributed by atoms with E-state index >= 15 is 0 Å². The third-order valence-electron chi connectivity index (χ3n) is 4.71. The lowest BCUT2D eigenvalue weighted by molar-refractivity contribution is -0.126. The Balaban J connectivity index is 1.88. The van der Waals surface area contributed by atoms with Gasteiger partial charge >= 0.3 is 0 Å². The van der Waals surface area contributed by atoms with E-state index in [0.29, 0.717) is 12.2 Å². The first-order valence-electron chi connectivity index (χ1n) is 7.96. The number of piperidine rings is 1. The summed E-state index contributed by atoms with van der Waals surface area (Å²) >= 11 is 0. The Morgan fingerprint density at radius 1 is 0.864 bits per heavy atom. The van der Waals surface area contributed by atoms with Gasteiger partial charge in [-0.05, 0) is 25.0 Å². The number of benzene rings is 2. The molecule has 0 aromatic heterocycles. The smallest absolute Gasteiger partial charge is 0.139 e. The maximum Gasteiger partial charge on any atom is 0.139 e. The molecule has 2 nitrogen and oxygen atoms in total. The second-order valence-corrected chi connectivity index (χ2v) is 6.48. The molecule has 1 fully saturated rings. The summed E-state index contributed by atoms with van der Waals surface area (Å²) in [5.74, 6) is 0.360. The van der Waals surface area contributed by atoms with Crippen molar-refractivity contribution in [1.82, 2.24) is 5.32 Å². The number of rotatable bonds is 2. The van der Waals surface area contributed by atoms with Crippen LogP contribution < -0.4 is 5.32 Å². The van der Waals surface area contributed by atoms with Gasteiger partial charge in [-0.25, -0.2) is 0 Å². The Bertz CT molecular complexity index is 657. The van der Waals surface area contributed by atoms with Crippen LogP contribution in [0.25, 0.3) is 0 Å². The Morgan fingerprint density at radius 3 is 1.91 bits per heavy atom. The molecule has 2 aromatic rings. The molecule has 1 heterocycles. The van der Waals surface area contributed by atoms with E-state index in [0.717, 1.165) is 0 Å². The molecule has 22 heavy (non-hydrogen) atoms. The van der Waals surface area contributed by atoms with Gasteiger partial charge < -0.3 is 5.32 Å². The number of carbonyl (C=O) groups excluding carboxylic acids is 1. The summed E-state index contributed by atoms with van der Waals surface area (Å²) in [7, 11) is 0. The van der Waals surface area contributed by atoms with Crippen LogP contribution in [0.3, 0.4) is 0 Å². The maximum absolute atomic E-state index is 12.5. The lowest BCUT2D eigenvalue weighted by atomic mass is 9.82. The van der Waals surface area contributed by atoms with E-state index in [2.05, 4.69) is 67.7 Å². The Hall–Kier alpha value is -1.93. The monoisotopic (exact) mass is 293 g/mol.